The molecule has 0 saturated carbocycles. The minimum Gasteiger partial charge on any atom is -0.306 e. The molecule has 2 aromatic rings. The van der Waals surface area contributed by atoms with Gasteiger partial charge in [-0.25, -0.2) is 0 Å². The van der Waals surface area contributed by atoms with E-state index in [2.05, 4.69) is 54.5 Å². The number of aryl methyl sites for hydroxylation is 2. The van der Waals surface area contributed by atoms with Crippen LogP contribution in [0.2, 0.25) is 0 Å². The molecule has 0 fully saturated rings. The predicted molar refractivity (Wildman–Crippen MR) is 69.8 cm³/mol. The summed E-state index contributed by atoms with van der Waals surface area (Å²) in [5, 5.41) is 10.3. The number of aromatic nitrogens is 2. The zero-order valence-electron chi connectivity index (χ0n) is 10.6. The lowest BCUT2D eigenvalue weighted by Crippen LogP contribution is -2.17. The van der Waals surface area contributed by atoms with Crippen molar-refractivity contribution in [2.75, 3.05) is 0 Å². The zero-order chi connectivity index (χ0) is 12.3. The van der Waals surface area contributed by atoms with Crippen LogP contribution in [-0.4, -0.2) is 10.2 Å². The van der Waals surface area contributed by atoms with Gasteiger partial charge in [0.15, 0.2) is 0 Å². The molecule has 2 rings (SSSR count). The van der Waals surface area contributed by atoms with Gasteiger partial charge in [0.25, 0.3) is 0 Å². The van der Waals surface area contributed by atoms with Gasteiger partial charge in [-0.3, -0.25) is 5.10 Å². The maximum atomic E-state index is 3.96. The molecule has 0 radical (unpaired) electrons. The molecule has 0 aliphatic heterocycles. The largest absolute Gasteiger partial charge is 0.306 e. The topological polar surface area (TPSA) is 40.7 Å². The standard InChI is InChI=1S/C14H19N3/c1-10-4-11(2)6-13(5-10)7-15-12(3)14-8-16-17-9-14/h4-6,8-9,12,15H,7H2,1-3H3,(H,16,17). The van der Waals surface area contributed by atoms with Crippen molar-refractivity contribution in [2.24, 2.45) is 0 Å². The summed E-state index contributed by atoms with van der Waals surface area (Å²) in [7, 11) is 0. The molecule has 1 unspecified atom stereocenters. The van der Waals surface area contributed by atoms with E-state index in [1.807, 2.05) is 12.4 Å². The summed E-state index contributed by atoms with van der Waals surface area (Å²) in [6.07, 6.45) is 3.79. The highest BCUT2D eigenvalue weighted by Crippen LogP contribution is 2.12. The van der Waals surface area contributed by atoms with E-state index in [1.54, 1.807) is 0 Å². The number of H-pyrrole nitrogens is 1. The molecule has 1 heterocycles. The van der Waals surface area contributed by atoms with Crippen LogP contribution in [0.3, 0.4) is 0 Å². The lowest BCUT2D eigenvalue weighted by atomic mass is 10.1. The van der Waals surface area contributed by atoms with Crippen LogP contribution < -0.4 is 5.32 Å². The zero-order valence-corrected chi connectivity index (χ0v) is 10.6. The average molecular weight is 229 g/mol. The van der Waals surface area contributed by atoms with Crippen LogP contribution in [0.25, 0.3) is 0 Å². The van der Waals surface area contributed by atoms with Gasteiger partial charge in [0.05, 0.1) is 6.20 Å². The van der Waals surface area contributed by atoms with Gasteiger partial charge >= 0.3 is 0 Å². The number of rotatable bonds is 4. The maximum absolute atomic E-state index is 3.96. The number of benzene rings is 1. The summed E-state index contributed by atoms with van der Waals surface area (Å²) in [6, 6.07) is 6.96. The Labute approximate surface area is 102 Å². The predicted octanol–water partition coefficient (Wildman–Crippen LogP) is 2.88. The smallest absolute Gasteiger partial charge is 0.0534 e. The number of nitrogens with zero attached hydrogens (tertiary/aromatic N) is 1. The van der Waals surface area contributed by atoms with Crippen molar-refractivity contribution in [1.82, 2.24) is 15.5 Å². The van der Waals surface area contributed by atoms with Crippen LogP contribution in [0.15, 0.2) is 30.6 Å². The Bertz CT molecular complexity index is 454. The number of aromatic amines is 1. The van der Waals surface area contributed by atoms with Crippen LogP contribution in [0.4, 0.5) is 0 Å². The Morgan fingerprint density at radius 2 is 1.94 bits per heavy atom. The van der Waals surface area contributed by atoms with Crippen molar-refractivity contribution in [3.63, 3.8) is 0 Å². The van der Waals surface area contributed by atoms with E-state index in [9.17, 15) is 0 Å². The summed E-state index contributed by atoms with van der Waals surface area (Å²) in [4.78, 5) is 0. The highest BCUT2D eigenvalue weighted by Gasteiger charge is 2.05. The van der Waals surface area contributed by atoms with E-state index in [0.29, 0.717) is 6.04 Å². The average Bonchev–Trinajstić information content (AvgIpc) is 2.78. The van der Waals surface area contributed by atoms with Crippen molar-refractivity contribution >= 4 is 0 Å². The molecule has 1 aromatic carbocycles. The molecular weight excluding hydrogens is 210 g/mol. The summed E-state index contributed by atoms with van der Waals surface area (Å²) >= 11 is 0. The highest BCUT2D eigenvalue weighted by molar-refractivity contribution is 5.28. The SMILES string of the molecule is Cc1cc(C)cc(CNC(C)c2cn[nH]c2)c1. The number of hydrogen-bond acceptors (Lipinski definition) is 2. The Morgan fingerprint density at radius 3 is 2.53 bits per heavy atom. The van der Waals surface area contributed by atoms with Gasteiger partial charge in [0, 0.05) is 24.3 Å². The second kappa shape index (κ2) is 5.15. The first-order valence-electron chi connectivity index (χ1n) is 5.94. The molecule has 2 N–H and O–H groups in total. The van der Waals surface area contributed by atoms with E-state index in [0.717, 1.165) is 6.54 Å². The van der Waals surface area contributed by atoms with Gasteiger partial charge in [0.1, 0.15) is 0 Å². The summed E-state index contributed by atoms with van der Waals surface area (Å²) < 4.78 is 0. The van der Waals surface area contributed by atoms with Crippen molar-refractivity contribution in [3.8, 4) is 0 Å². The van der Waals surface area contributed by atoms with Crippen LogP contribution in [0, 0.1) is 13.8 Å². The van der Waals surface area contributed by atoms with Crippen LogP contribution in [-0.2, 0) is 6.54 Å². The molecule has 0 spiro atoms. The molecule has 0 bridgehead atoms. The van der Waals surface area contributed by atoms with Gasteiger partial charge in [0.2, 0.25) is 0 Å². The lowest BCUT2D eigenvalue weighted by Gasteiger charge is -2.12. The van der Waals surface area contributed by atoms with Crippen LogP contribution in [0.1, 0.15) is 35.2 Å². The van der Waals surface area contributed by atoms with Crippen molar-refractivity contribution in [2.45, 2.75) is 33.4 Å². The minimum atomic E-state index is 0.314. The molecular formula is C14H19N3. The quantitative estimate of drug-likeness (QED) is 0.846. The van der Waals surface area contributed by atoms with Crippen molar-refractivity contribution in [1.29, 1.82) is 0 Å². The van der Waals surface area contributed by atoms with Gasteiger partial charge in [-0.2, -0.15) is 5.10 Å². The fourth-order valence-corrected chi connectivity index (χ4v) is 2.06. The molecule has 90 valence electrons. The van der Waals surface area contributed by atoms with Gasteiger partial charge in [-0.1, -0.05) is 29.3 Å². The Hall–Kier alpha value is -1.61. The molecule has 3 heteroatoms. The molecule has 1 atom stereocenters. The third kappa shape index (κ3) is 3.17. The third-order valence-electron chi connectivity index (χ3n) is 2.91. The van der Waals surface area contributed by atoms with Crippen LogP contribution >= 0.6 is 0 Å². The lowest BCUT2D eigenvalue weighted by molar-refractivity contribution is 0.574. The summed E-state index contributed by atoms with van der Waals surface area (Å²) in [5.74, 6) is 0. The molecule has 0 amide bonds. The fraction of sp³-hybridized carbons (Fsp3) is 0.357. The molecule has 17 heavy (non-hydrogen) atoms. The number of hydrogen-bond donors (Lipinski definition) is 2. The maximum Gasteiger partial charge on any atom is 0.0534 e. The molecule has 1 aromatic heterocycles. The second-order valence-electron chi connectivity index (χ2n) is 4.63. The molecule has 0 saturated heterocycles. The fourth-order valence-electron chi connectivity index (χ4n) is 2.06. The van der Waals surface area contributed by atoms with Gasteiger partial charge in [-0.05, 0) is 26.3 Å². The Morgan fingerprint density at radius 1 is 1.24 bits per heavy atom. The van der Waals surface area contributed by atoms with E-state index >= 15 is 0 Å². The van der Waals surface area contributed by atoms with Gasteiger partial charge < -0.3 is 5.32 Å². The van der Waals surface area contributed by atoms with E-state index in [4.69, 9.17) is 0 Å². The van der Waals surface area contributed by atoms with E-state index in [1.165, 1.54) is 22.3 Å². The Kier molecular flexibility index (Phi) is 3.59. The number of nitrogens with one attached hydrogen (secondary N) is 2. The summed E-state index contributed by atoms with van der Waals surface area (Å²) in [6.45, 7) is 7.30. The first kappa shape index (κ1) is 11.9. The first-order chi connectivity index (χ1) is 8.15. The van der Waals surface area contributed by atoms with E-state index in [-0.39, 0.29) is 0 Å². The highest BCUT2D eigenvalue weighted by atomic mass is 15.1. The normalized spacial score (nSPS) is 12.6. The second-order valence-corrected chi connectivity index (χ2v) is 4.63. The minimum absolute atomic E-state index is 0.314. The van der Waals surface area contributed by atoms with Crippen molar-refractivity contribution < 1.29 is 0 Å². The third-order valence-corrected chi connectivity index (χ3v) is 2.91. The van der Waals surface area contributed by atoms with Crippen LogP contribution in [0.5, 0.6) is 0 Å². The van der Waals surface area contributed by atoms with E-state index < -0.39 is 0 Å². The van der Waals surface area contributed by atoms with Crippen molar-refractivity contribution in [3.05, 3.63) is 52.8 Å². The first-order valence-corrected chi connectivity index (χ1v) is 5.94. The Balaban J connectivity index is 1.98. The molecule has 0 aliphatic rings. The monoisotopic (exact) mass is 229 g/mol. The van der Waals surface area contributed by atoms with Gasteiger partial charge in [-0.15, -0.1) is 0 Å². The molecule has 3 nitrogen and oxygen atoms in total. The molecule has 0 aliphatic carbocycles. The summed E-state index contributed by atoms with van der Waals surface area (Å²) in [5.41, 5.74) is 5.16.